The number of nitrogens with one attached hydrogen (secondary N) is 1. The monoisotopic (exact) mass is 512 g/mol. The van der Waals surface area contributed by atoms with Crippen molar-refractivity contribution in [2.45, 2.75) is 69.6 Å². The topological polar surface area (TPSA) is 91.4 Å². The lowest BCUT2D eigenvalue weighted by molar-refractivity contribution is -0.144. The molecule has 1 saturated carbocycles. The standard InChI is InChI=1S/C28H40N4O5/c1-30-12-14-32(15-13-30)26(33)17-21-9-10-23-25(37-21)18-36-24-11-8-20(16-22(24)28(35)31(23)2)29-27(34)19-6-4-3-5-7-19/h8,11,16,19,21,23,25H,3-7,9-10,12-15,17-18H2,1-2H3,(H,29,34)/t21-,23+,25-/m0/s1. The van der Waals surface area contributed by atoms with Gasteiger partial charge in [-0.1, -0.05) is 19.3 Å². The summed E-state index contributed by atoms with van der Waals surface area (Å²) in [6, 6.07) is 5.16. The van der Waals surface area contributed by atoms with Gasteiger partial charge in [-0.2, -0.15) is 0 Å². The second-order valence-corrected chi connectivity index (χ2v) is 11.1. The first-order valence-corrected chi connectivity index (χ1v) is 13.9. The third-order valence-electron chi connectivity index (χ3n) is 8.51. The van der Waals surface area contributed by atoms with Crippen LogP contribution in [0.25, 0.3) is 0 Å². The molecule has 9 heteroatoms. The highest BCUT2D eigenvalue weighted by Crippen LogP contribution is 2.33. The predicted octanol–water partition coefficient (Wildman–Crippen LogP) is 2.75. The molecule has 5 rings (SSSR count). The van der Waals surface area contributed by atoms with Crippen LogP contribution in [-0.4, -0.2) is 97.6 Å². The van der Waals surface area contributed by atoms with Crippen LogP contribution in [0.15, 0.2) is 18.2 Å². The minimum atomic E-state index is -0.299. The number of anilines is 1. The van der Waals surface area contributed by atoms with Crippen molar-refractivity contribution >= 4 is 23.4 Å². The average molecular weight is 513 g/mol. The molecule has 0 aromatic heterocycles. The number of carbonyl (C=O) groups excluding carboxylic acids is 3. The first-order valence-electron chi connectivity index (χ1n) is 13.9. The molecule has 202 valence electrons. The number of rotatable bonds is 4. The number of amides is 3. The lowest BCUT2D eigenvalue weighted by Gasteiger charge is -2.42. The van der Waals surface area contributed by atoms with Crippen LogP contribution in [0.5, 0.6) is 5.75 Å². The number of carbonyl (C=O) groups is 3. The Morgan fingerprint density at radius 3 is 2.51 bits per heavy atom. The first-order chi connectivity index (χ1) is 17.9. The Morgan fingerprint density at radius 2 is 1.76 bits per heavy atom. The van der Waals surface area contributed by atoms with Gasteiger partial charge < -0.3 is 29.5 Å². The molecule has 3 amide bonds. The fourth-order valence-electron chi connectivity index (χ4n) is 6.09. The average Bonchev–Trinajstić information content (AvgIpc) is 2.92. The van der Waals surface area contributed by atoms with Crippen molar-refractivity contribution in [3.05, 3.63) is 23.8 Å². The molecule has 9 nitrogen and oxygen atoms in total. The van der Waals surface area contributed by atoms with Gasteiger partial charge in [0, 0.05) is 44.8 Å². The molecule has 3 atom stereocenters. The van der Waals surface area contributed by atoms with Gasteiger partial charge in [0.05, 0.1) is 24.1 Å². The van der Waals surface area contributed by atoms with E-state index in [-0.39, 0.29) is 41.9 Å². The van der Waals surface area contributed by atoms with E-state index in [1.807, 2.05) is 4.90 Å². The van der Waals surface area contributed by atoms with Gasteiger partial charge in [0.1, 0.15) is 18.5 Å². The SMILES string of the molecule is CN1CCN(C(=O)C[C@@H]2CC[C@@H]3[C@H](COc4ccc(NC(=O)C5CCCCC5)cc4C(=O)N3C)O2)CC1. The van der Waals surface area contributed by atoms with E-state index in [1.54, 1.807) is 30.1 Å². The zero-order chi connectivity index (χ0) is 25.9. The van der Waals surface area contributed by atoms with E-state index in [1.165, 1.54) is 6.42 Å². The molecule has 1 aliphatic carbocycles. The van der Waals surface area contributed by atoms with Crippen LogP contribution in [0.1, 0.15) is 61.7 Å². The summed E-state index contributed by atoms with van der Waals surface area (Å²) in [5, 5.41) is 3.01. The molecular weight excluding hydrogens is 472 g/mol. The number of hydrogen-bond acceptors (Lipinski definition) is 6. The minimum absolute atomic E-state index is 0.0325. The fourth-order valence-corrected chi connectivity index (χ4v) is 6.09. The molecule has 3 aliphatic heterocycles. The maximum atomic E-state index is 13.5. The van der Waals surface area contributed by atoms with E-state index in [9.17, 15) is 14.4 Å². The summed E-state index contributed by atoms with van der Waals surface area (Å²) < 4.78 is 12.4. The Hall–Kier alpha value is -2.65. The van der Waals surface area contributed by atoms with Crippen LogP contribution in [-0.2, 0) is 14.3 Å². The van der Waals surface area contributed by atoms with Gasteiger partial charge in [0.15, 0.2) is 0 Å². The van der Waals surface area contributed by atoms with Crippen molar-refractivity contribution in [2.75, 3.05) is 52.2 Å². The minimum Gasteiger partial charge on any atom is -0.490 e. The first kappa shape index (κ1) is 26.0. The van der Waals surface area contributed by atoms with Crippen LogP contribution < -0.4 is 10.1 Å². The summed E-state index contributed by atoms with van der Waals surface area (Å²) in [6.07, 6.45) is 6.60. The highest BCUT2D eigenvalue weighted by atomic mass is 16.5. The van der Waals surface area contributed by atoms with Gasteiger partial charge in [-0.3, -0.25) is 14.4 Å². The number of piperazine rings is 1. The number of fused-ring (bicyclic) bond motifs is 2. The van der Waals surface area contributed by atoms with E-state index in [2.05, 4.69) is 17.3 Å². The molecule has 0 bridgehead atoms. The van der Waals surface area contributed by atoms with Crippen molar-refractivity contribution in [3.8, 4) is 5.75 Å². The second-order valence-electron chi connectivity index (χ2n) is 11.1. The lowest BCUT2D eigenvalue weighted by Crippen LogP contribution is -2.54. The second kappa shape index (κ2) is 11.4. The van der Waals surface area contributed by atoms with E-state index >= 15 is 0 Å². The fraction of sp³-hybridized carbons (Fsp3) is 0.679. The van der Waals surface area contributed by atoms with Gasteiger partial charge in [-0.05, 0) is 50.9 Å². The van der Waals surface area contributed by atoms with Crippen LogP contribution in [0, 0.1) is 5.92 Å². The maximum absolute atomic E-state index is 13.5. The number of ether oxygens (including phenoxy) is 2. The molecule has 1 aromatic carbocycles. The molecule has 1 N–H and O–H groups in total. The lowest BCUT2D eigenvalue weighted by atomic mass is 9.88. The van der Waals surface area contributed by atoms with Crippen molar-refractivity contribution in [1.29, 1.82) is 0 Å². The smallest absolute Gasteiger partial charge is 0.257 e. The Labute approximate surface area is 219 Å². The molecular formula is C28H40N4O5. The zero-order valence-electron chi connectivity index (χ0n) is 22.1. The molecule has 4 aliphatic rings. The van der Waals surface area contributed by atoms with Gasteiger partial charge in [-0.15, -0.1) is 0 Å². The van der Waals surface area contributed by atoms with Gasteiger partial charge >= 0.3 is 0 Å². The normalized spacial score (nSPS) is 27.4. The van der Waals surface area contributed by atoms with Crippen molar-refractivity contribution in [1.82, 2.24) is 14.7 Å². The number of nitrogens with zero attached hydrogens (tertiary/aromatic N) is 3. The van der Waals surface area contributed by atoms with Crippen molar-refractivity contribution in [2.24, 2.45) is 5.92 Å². The largest absolute Gasteiger partial charge is 0.490 e. The van der Waals surface area contributed by atoms with E-state index in [4.69, 9.17) is 9.47 Å². The van der Waals surface area contributed by atoms with Gasteiger partial charge in [0.25, 0.3) is 5.91 Å². The molecule has 0 spiro atoms. The van der Waals surface area contributed by atoms with Crippen LogP contribution in [0.2, 0.25) is 0 Å². The molecule has 1 aromatic rings. The summed E-state index contributed by atoms with van der Waals surface area (Å²) in [5.41, 5.74) is 1.08. The summed E-state index contributed by atoms with van der Waals surface area (Å²) in [4.78, 5) is 45.0. The van der Waals surface area contributed by atoms with Crippen LogP contribution >= 0.6 is 0 Å². The maximum Gasteiger partial charge on any atom is 0.257 e. The summed E-state index contributed by atoms with van der Waals surface area (Å²) >= 11 is 0. The number of likely N-dealkylation sites (N-methyl/N-ethyl adjacent to an activating group) is 2. The Morgan fingerprint density at radius 1 is 1.00 bits per heavy atom. The van der Waals surface area contributed by atoms with E-state index in [0.717, 1.165) is 64.7 Å². The van der Waals surface area contributed by atoms with Crippen molar-refractivity contribution < 1.29 is 23.9 Å². The summed E-state index contributed by atoms with van der Waals surface area (Å²) in [6.45, 7) is 3.62. The predicted molar refractivity (Wildman–Crippen MR) is 140 cm³/mol. The highest BCUT2D eigenvalue weighted by molar-refractivity contribution is 6.00. The summed E-state index contributed by atoms with van der Waals surface area (Å²) in [5.74, 6) is 0.562. The Bertz CT molecular complexity index is 1000. The number of benzene rings is 1. The van der Waals surface area contributed by atoms with E-state index < -0.39 is 0 Å². The molecule has 3 fully saturated rings. The van der Waals surface area contributed by atoms with E-state index in [0.29, 0.717) is 30.0 Å². The quantitative estimate of drug-likeness (QED) is 0.667. The van der Waals surface area contributed by atoms with Gasteiger partial charge in [0.2, 0.25) is 11.8 Å². The van der Waals surface area contributed by atoms with Crippen molar-refractivity contribution in [3.63, 3.8) is 0 Å². The molecule has 2 saturated heterocycles. The Balaban J connectivity index is 1.23. The molecule has 0 radical (unpaired) electrons. The van der Waals surface area contributed by atoms with Crippen LogP contribution in [0.3, 0.4) is 0 Å². The Kier molecular flexibility index (Phi) is 8.00. The molecule has 37 heavy (non-hydrogen) atoms. The zero-order valence-corrected chi connectivity index (χ0v) is 22.1. The van der Waals surface area contributed by atoms with Gasteiger partial charge in [-0.25, -0.2) is 0 Å². The highest BCUT2D eigenvalue weighted by Gasteiger charge is 2.39. The third-order valence-corrected chi connectivity index (χ3v) is 8.51. The number of hydrogen-bond donors (Lipinski definition) is 1. The molecule has 0 unspecified atom stereocenters. The summed E-state index contributed by atoms with van der Waals surface area (Å²) in [7, 11) is 3.88. The third kappa shape index (κ3) is 5.93. The molecule has 3 heterocycles. The van der Waals surface area contributed by atoms with Crippen LogP contribution in [0.4, 0.5) is 5.69 Å².